The van der Waals surface area contributed by atoms with Gasteiger partial charge in [0.2, 0.25) is 0 Å². The number of thioether (sulfide) groups is 1. The molecule has 0 aromatic heterocycles. The van der Waals surface area contributed by atoms with E-state index >= 15 is 0 Å². The zero-order chi connectivity index (χ0) is 9.07. The summed E-state index contributed by atoms with van der Waals surface area (Å²) in [5.41, 5.74) is 5.40. The van der Waals surface area contributed by atoms with Gasteiger partial charge in [-0.25, -0.2) is 0 Å². The standard InChI is InChI=1S/C10H23NS/c1-2-3-4-5-6-9-12-10-7-8-11/h2-11H2,1H3. The molecule has 0 rings (SSSR count). The molecule has 0 aliphatic carbocycles. The van der Waals surface area contributed by atoms with Gasteiger partial charge in [-0.1, -0.05) is 32.6 Å². The van der Waals surface area contributed by atoms with E-state index in [2.05, 4.69) is 18.7 Å². The topological polar surface area (TPSA) is 26.0 Å². The van der Waals surface area contributed by atoms with Crippen LogP contribution in [0.1, 0.15) is 45.4 Å². The Morgan fingerprint density at radius 3 is 2.25 bits per heavy atom. The van der Waals surface area contributed by atoms with Crippen LogP contribution in [0, 0.1) is 0 Å². The number of hydrogen-bond donors (Lipinski definition) is 1. The second kappa shape index (κ2) is 11.3. The Morgan fingerprint density at radius 1 is 0.917 bits per heavy atom. The van der Waals surface area contributed by atoms with E-state index < -0.39 is 0 Å². The minimum atomic E-state index is 0.850. The summed E-state index contributed by atoms with van der Waals surface area (Å²) in [6.07, 6.45) is 8.18. The Labute approximate surface area is 81.5 Å². The molecule has 2 N–H and O–H groups in total. The summed E-state index contributed by atoms with van der Waals surface area (Å²) in [6.45, 7) is 3.11. The van der Waals surface area contributed by atoms with E-state index in [-0.39, 0.29) is 0 Å². The van der Waals surface area contributed by atoms with E-state index in [1.54, 1.807) is 0 Å². The van der Waals surface area contributed by atoms with E-state index in [0.29, 0.717) is 0 Å². The summed E-state index contributed by atoms with van der Waals surface area (Å²) in [5.74, 6) is 2.59. The van der Waals surface area contributed by atoms with Crippen LogP contribution in [0.4, 0.5) is 0 Å². The van der Waals surface area contributed by atoms with Gasteiger partial charge in [-0.2, -0.15) is 11.8 Å². The van der Waals surface area contributed by atoms with Gasteiger partial charge in [-0.15, -0.1) is 0 Å². The molecule has 0 aromatic rings. The van der Waals surface area contributed by atoms with Crippen LogP contribution in [0.5, 0.6) is 0 Å². The predicted molar refractivity (Wildman–Crippen MR) is 59.8 cm³/mol. The van der Waals surface area contributed by atoms with Crippen LogP contribution in [0.3, 0.4) is 0 Å². The number of nitrogens with two attached hydrogens (primary N) is 1. The van der Waals surface area contributed by atoms with Crippen molar-refractivity contribution in [3.63, 3.8) is 0 Å². The summed E-state index contributed by atoms with van der Waals surface area (Å²) in [7, 11) is 0. The van der Waals surface area contributed by atoms with Gasteiger partial charge in [-0.05, 0) is 30.9 Å². The second-order valence-corrected chi connectivity index (χ2v) is 4.39. The molecule has 1 nitrogen and oxygen atoms in total. The van der Waals surface area contributed by atoms with Crippen molar-refractivity contribution in [2.75, 3.05) is 18.1 Å². The number of unbranched alkanes of at least 4 members (excludes halogenated alkanes) is 4. The highest BCUT2D eigenvalue weighted by molar-refractivity contribution is 7.99. The fraction of sp³-hybridized carbons (Fsp3) is 1.00. The van der Waals surface area contributed by atoms with Gasteiger partial charge in [0.25, 0.3) is 0 Å². The summed E-state index contributed by atoms with van der Waals surface area (Å²) >= 11 is 2.06. The van der Waals surface area contributed by atoms with E-state index in [1.807, 2.05) is 0 Å². The van der Waals surface area contributed by atoms with Crippen LogP contribution >= 0.6 is 11.8 Å². The predicted octanol–water partition coefficient (Wildman–Crippen LogP) is 3.04. The van der Waals surface area contributed by atoms with E-state index in [9.17, 15) is 0 Å². The SMILES string of the molecule is CCCCCCCSCCCN. The molecule has 0 amide bonds. The zero-order valence-electron chi connectivity index (χ0n) is 8.35. The highest BCUT2D eigenvalue weighted by Crippen LogP contribution is 2.09. The third-order valence-corrected chi connectivity index (χ3v) is 3.04. The Kier molecular flexibility index (Phi) is 11.6. The van der Waals surface area contributed by atoms with Crippen molar-refractivity contribution in [3.05, 3.63) is 0 Å². The van der Waals surface area contributed by atoms with E-state index in [1.165, 1.54) is 50.0 Å². The molecule has 0 saturated carbocycles. The number of hydrogen-bond acceptors (Lipinski definition) is 2. The number of rotatable bonds is 9. The lowest BCUT2D eigenvalue weighted by atomic mass is 10.2. The maximum absolute atomic E-state index is 5.40. The molecule has 12 heavy (non-hydrogen) atoms. The first-order valence-electron chi connectivity index (χ1n) is 5.19. The van der Waals surface area contributed by atoms with Crippen molar-refractivity contribution in [3.8, 4) is 0 Å². The van der Waals surface area contributed by atoms with Crippen LogP contribution in [-0.4, -0.2) is 18.1 Å². The van der Waals surface area contributed by atoms with Crippen molar-refractivity contribution >= 4 is 11.8 Å². The average Bonchev–Trinajstić information content (AvgIpc) is 2.10. The maximum atomic E-state index is 5.40. The van der Waals surface area contributed by atoms with Crippen molar-refractivity contribution in [1.82, 2.24) is 0 Å². The lowest BCUT2D eigenvalue weighted by Crippen LogP contribution is -1.99. The normalized spacial score (nSPS) is 10.5. The van der Waals surface area contributed by atoms with Gasteiger partial charge in [-0.3, -0.25) is 0 Å². The van der Waals surface area contributed by atoms with Gasteiger partial charge in [0, 0.05) is 0 Å². The van der Waals surface area contributed by atoms with Gasteiger partial charge < -0.3 is 5.73 Å². The molecule has 0 bridgehead atoms. The minimum absolute atomic E-state index is 0.850. The Bertz CT molecular complexity index is 66.2. The van der Waals surface area contributed by atoms with Crippen molar-refractivity contribution in [2.45, 2.75) is 45.4 Å². The van der Waals surface area contributed by atoms with Crippen LogP contribution in [0.2, 0.25) is 0 Å². The first-order valence-corrected chi connectivity index (χ1v) is 6.35. The average molecular weight is 189 g/mol. The van der Waals surface area contributed by atoms with Crippen LogP contribution in [0.15, 0.2) is 0 Å². The van der Waals surface area contributed by atoms with Crippen molar-refractivity contribution in [2.24, 2.45) is 5.73 Å². The second-order valence-electron chi connectivity index (χ2n) is 3.17. The fourth-order valence-electron chi connectivity index (χ4n) is 1.10. The molecule has 74 valence electrons. The molecular weight excluding hydrogens is 166 g/mol. The molecular formula is C10H23NS. The van der Waals surface area contributed by atoms with Gasteiger partial charge in [0.1, 0.15) is 0 Å². The molecule has 0 spiro atoms. The quantitative estimate of drug-likeness (QED) is 0.564. The summed E-state index contributed by atoms with van der Waals surface area (Å²) in [4.78, 5) is 0. The van der Waals surface area contributed by atoms with E-state index in [4.69, 9.17) is 5.73 Å². The molecule has 2 heteroatoms. The van der Waals surface area contributed by atoms with Crippen LogP contribution < -0.4 is 5.73 Å². The molecule has 0 aromatic carbocycles. The molecule has 0 atom stereocenters. The lowest BCUT2D eigenvalue weighted by molar-refractivity contribution is 0.659. The Balaban J connectivity index is 2.73. The summed E-state index contributed by atoms with van der Waals surface area (Å²) in [5, 5.41) is 0. The fourth-order valence-corrected chi connectivity index (χ4v) is 2.08. The third kappa shape index (κ3) is 10.3. The highest BCUT2D eigenvalue weighted by atomic mass is 32.2. The molecule has 0 saturated heterocycles. The van der Waals surface area contributed by atoms with Crippen molar-refractivity contribution < 1.29 is 0 Å². The van der Waals surface area contributed by atoms with E-state index in [0.717, 1.165) is 6.54 Å². The van der Waals surface area contributed by atoms with Gasteiger partial charge in [0.05, 0.1) is 0 Å². The molecule has 0 heterocycles. The minimum Gasteiger partial charge on any atom is -0.330 e. The first-order chi connectivity index (χ1) is 5.91. The molecule has 0 aliphatic heterocycles. The van der Waals surface area contributed by atoms with Crippen LogP contribution in [-0.2, 0) is 0 Å². The maximum Gasteiger partial charge on any atom is -0.00555 e. The summed E-state index contributed by atoms with van der Waals surface area (Å²) in [6, 6.07) is 0. The smallest absolute Gasteiger partial charge is 0.00555 e. The van der Waals surface area contributed by atoms with Crippen molar-refractivity contribution in [1.29, 1.82) is 0 Å². The largest absolute Gasteiger partial charge is 0.330 e. The highest BCUT2D eigenvalue weighted by Gasteiger charge is 1.90. The summed E-state index contributed by atoms with van der Waals surface area (Å²) < 4.78 is 0. The molecule has 0 radical (unpaired) electrons. The zero-order valence-corrected chi connectivity index (χ0v) is 9.17. The molecule has 0 unspecified atom stereocenters. The Morgan fingerprint density at radius 2 is 1.58 bits per heavy atom. The Hall–Kier alpha value is 0.310. The lowest BCUT2D eigenvalue weighted by Gasteiger charge is -2.00. The molecule has 0 fully saturated rings. The van der Waals surface area contributed by atoms with Gasteiger partial charge >= 0.3 is 0 Å². The third-order valence-electron chi connectivity index (χ3n) is 1.89. The monoisotopic (exact) mass is 189 g/mol. The van der Waals surface area contributed by atoms with Crippen LogP contribution in [0.25, 0.3) is 0 Å². The molecule has 0 aliphatic rings. The first kappa shape index (κ1) is 12.3. The van der Waals surface area contributed by atoms with Gasteiger partial charge in [0.15, 0.2) is 0 Å².